The molecule has 0 radical (unpaired) electrons. The van der Waals surface area contributed by atoms with E-state index in [1.807, 2.05) is 13.0 Å². The van der Waals surface area contributed by atoms with Crippen LogP contribution in [0.2, 0.25) is 0 Å². The maximum atomic E-state index is 13.1. The van der Waals surface area contributed by atoms with Gasteiger partial charge in [0, 0.05) is 0 Å². The molecule has 2 aromatic rings. The Labute approximate surface area is 183 Å². The molecule has 9 heteroatoms. The van der Waals surface area contributed by atoms with Gasteiger partial charge < -0.3 is 4.74 Å². The van der Waals surface area contributed by atoms with Crippen molar-refractivity contribution in [1.29, 1.82) is 0 Å². The van der Waals surface area contributed by atoms with E-state index in [1.54, 1.807) is 55.5 Å². The molecule has 2 heterocycles. The van der Waals surface area contributed by atoms with Gasteiger partial charge in [-0.25, -0.2) is 9.69 Å². The lowest BCUT2D eigenvalue weighted by molar-refractivity contribution is -0.122. The molecule has 1 N–H and O–H groups in total. The number of nitrogens with one attached hydrogen (secondary N) is 1. The maximum Gasteiger partial charge on any atom is 0.335 e. The highest BCUT2D eigenvalue weighted by atomic mass is 16.5. The van der Waals surface area contributed by atoms with Gasteiger partial charge in [-0.15, -0.1) is 0 Å². The standard InChI is InChI=1S/C23H20N4O5/c1-3-32-17-11-9-15(10-12-17)26-21(29)19(20(28)24-23(26)31)13-18-14(2)25-27(22(18)30)16-7-5-4-6-8-16/h4-13,18H,3H2,1-2H3,(H,24,28,31)/b19-13-. The van der Waals surface area contributed by atoms with E-state index in [-0.39, 0.29) is 11.3 Å². The molecule has 0 aromatic heterocycles. The second-order valence-corrected chi connectivity index (χ2v) is 7.11. The molecule has 2 aromatic carbocycles. The highest BCUT2D eigenvalue weighted by Gasteiger charge is 2.40. The van der Waals surface area contributed by atoms with Gasteiger partial charge in [-0.05, 0) is 56.3 Å². The minimum atomic E-state index is -0.907. The topological polar surface area (TPSA) is 108 Å². The minimum Gasteiger partial charge on any atom is -0.494 e. The quantitative estimate of drug-likeness (QED) is 0.577. The smallest absolute Gasteiger partial charge is 0.335 e. The average Bonchev–Trinajstić information content (AvgIpc) is 3.06. The van der Waals surface area contributed by atoms with Gasteiger partial charge in [0.25, 0.3) is 17.7 Å². The summed E-state index contributed by atoms with van der Waals surface area (Å²) in [7, 11) is 0. The Morgan fingerprint density at radius 1 is 1.00 bits per heavy atom. The van der Waals surface area contributed by atoms with Gasteiger partial charge in [-0.3, -0.25) is 19.7 Å². The van der Waals surface area contributed by atoms with E-state index in [4.69, 9.17) is 4.74 Å². The van der Waals surface area contributed by atoms with Gasteiger partial charge in [0.15, 0.2) is 0 Å². The van der Waals surface area contributed by atoms with Crippen LogP contribution in [0.15, 0.2) is 71.3 Å². The summed E-state index contributed by atoms with van der Waals surface area (Å²) in [6.07, 6.45) is 1.26. The van der Waals surface area contributed by atoms with Crippen LogP contribution in [-0.4, -0.2) is 36.1 Å². The molecule has 32 heavy (non-hydrogen) atoms. The summed E-state index contributed by atoms with van der Waals surface area (Å²) in [6.45, 7) is 3.95. The molecule has 1 fully saturated rings. The predicted molar refractivity (Wildman–Crippen MR) is 117 cm³/mol. The number of carbonyl (C=O) groups is 4. The number of imide groups is 2. The molecule has 1 atom stereocenters. The third kappa shape index (κ3) is 3.76. The molecule has 0 bridgehead atoms. The number of barbiturate groups is 1. The van der Waals surface area contributed by atoms with E-state index in [9.17, 15) is 19.2 Å². The highest BCUT2D eigenvalue weighted by molar-refractivity contribution is 6.38. The molecule has 2 aliphatic rings. The average molecular weight is 432 g/mol. The first-order chi connectivity index (χ1) is 15.4. The molecule has 0 saturated carbocycles. The van der Waals surface area contributed by atoms with E-state index in [0.29, 0.717) is 23.8 Å². The van der Waals surface area contributed by atoms with Crippen LogP contribution in [0.5, 0.6) is 5.75 Å². The van der Waals surface area contributed by atoms with Crippen LogP contribution < -0.4 is 20.0 Å². The number of urea groups is 1. The molecule has 1 unspecified atom stereocenters. The van der Waals surface area contributed by atoms with Crippen LogP contribution in [0.3, 0.4) is 0 Å². The number of amides is 5. The molecule has 2 aliphatic heterocycles. The van der Waals surface area contributed by atoms with Crippen LogP contribution in [-0.2, 0) is 14.4 Å². The molecule has 5 amide bonds. The summed E-state index contributed by atoms with van der Waals surface area (Å²) in [6, 6.07) is 14.3. The van der Waals surface area contributed by atoms with Crippen molar-refractivity contribution in [2.45, 2.75) is 13.8 Å². The van der Waals surface area contributed by atoms with Gasteiger partial charge in [0.1, 0.15) is 11.3 Å². The Hall–Kier alpha value is -4.27. The van der Waals surface area contributed by atoms with E-state index < -0.39 is 29.7 Å². The van der Waals surface area contributed by atoms with Gasteiger partial charge >= 0.3 is 6.03 Å². The lowest BCUT2D eigenvalue weighted by Crippen LogP contribution is -2.54. The SMILES string of the molecule is CCOc1ccc(N2C(=O)NC(=O)/C(=C/C3C(=O)N(c4ccccc4)N=C3C)C2=O)cc1. The zero-order chi connectivity index (χ0) is 22.8. The number of carbonyl (C=O) groups excluding carboxylic acids is 4. The molecule has 9 nitrogen and oxygen atoms in total. The number of hydrogen-bond acceptors (Lipinski definition) is 6. The Morgan fingerprint density at radius 3 is 2.34 bits per heavy atom. The Kier molecular flexibility index (Phi) is 5.55. The van der Waals surface area contributed by atoms with Crippen LogP contribution in [0.1, 0.15) is 13.8 Å². The van der Waals surface area contributed by atoms with E-state index >= 15 is 0 Å². The Bertz CT molecular complexity index is 1150. The first kappa shape index (κ1) is 21.0. The molecule has 0 aliphatic carbocycles. The summed E-state index contributed by atoms with van der Waals surface area (Å²) >= 11 is 0. The third-order valence-electron chi connectivity index (χ3n) is 5.02. The molecular weight excluding hydrogens is 412 g/mol. The first-order valence-electron chi connectivity index (χ1n) is 9.99. The lowest BCUT2D eigenvalue weighted by atomic mass is 9.98. The lowest BCUT2D eigenvalue weighted by Gasteiger charge is -2.26. The summed E-state index contributed by atoms with van der Waals surface area (Å²) in [5, 5.41) is 7.67. The van der Waals surface area contributed by atoms with Crippen molar-refractivity contribution in [3.63, 3.8) is 0 Å². The van der Waals surface area contributed by atoms with Crippen molar-refractivity contribution >= 4 is 40.8 Å². The second-order valence-electron chi connectivity index (χ2n) is 7.11. The number of anilines is 2. The number of ether oxygens (including phenoxy) is 1. The number of hydrazone groups is 1. The van der Waals surface area contributed by atoms with Crippen molar-refractivity contribution in [2.75, 3.05) is 16.5 Å². The van der Waals surface area contributed by atoms with Crippen molar-refractivity contribution in [3.8, 4) is 5.75 Å². The third-order valence-corrected chi connectivity index (χ3v) is 5.02. The molecule has 162 valence electrons. The fourth-order valence-corrected chi connectivity index (χ4v) is 3.46. The number of para-hydroxylation sites is 1. The van der Waals surface area contributed by atoms with Crippen LogP contribution in [0.25, 0.3) is 0 Å². The number of rotatable bonds is 5. The largest absolute Gasteiger partial charge is 0.494 e. The van der Waals surface area contributed by atoms with Crippen molar-refractivity contribution in [2.24, 2.45) is 11.0 Å². The monoisotopic (exact) mass is 432 g/mol. The van der Waals surface area contributed by atoms with Crippen LogP contribution >= 0.6 is 0 Å². The van der Waals surface area contributed by atoms with E-state index in [0.717, 1.165) is 4.90 Å². The van der Waals surface area contributed by atoms with Crippen molar-refractivity contribution in [1.82, 2.24) is 5.32 Å². The summed E-state index contributed by atoms with van der Waals surface area (Å²) in [4.78, 5) is 51.7. The number of nitrogens with zero attached hydrogens (tertiary/aromatic N) is 3. The van der Waals surface area contributed by atoms with E-state index in [2.05, 4.69) is 10.4 Å². The predicted octanol–water partition coefficient (Wildman–Crippen LogP) is 2.63. The maximum absolute atomic E-state index is 13.1. The highest BCUT2D eigenvalue weighted by Crippen LogP contribution is 2.28. The first-order valence-corrected chi connectivity index (χ1v) is 9.99. The number of benzene rings is 2. The van der Waals surface area contributed by atoms with Gasteiger partial charge in [0.05, 0.1) is 29.6 Å². The molecular formula is C23H20N4O5. The van der Waals surface area contributed by atoms with Crippen molar-refractivity contribution in [3.05, 3.63) is 66.2 Å². The molecule has 1 saturated heterocycles. The molecule has 0 spiro atoms. The fraction of sp³-hybridized carbons (Fsp3) is 0.174. The number of hydrogen-bond donors (Lipinski definition) is 1. The minimum absolute atomic E-state index is 0.267. The summed E-state index contributed by atoms with van der Waals surface area (Å²) in [5.41, 5.74) is 0.963. The second kappa shape index (κ2) is 8.46. The van der Waals surface area contributed by atoms with Crippen molar-refractivity contribution < 1.29 is 23.9 Å². The zero-order valence-electron chi connectivity index (χ0n) is 17.4. The normalized spacial score (nSPS) is 20.0. The van der Waals surface area contributed by atoms with Crippen LogP contribution in [0, 0.1) is 5.92 Å². The summed E-state index contributed by atoms with van der Waals surface area (Å²) < 4.78 is 5.37. The summed E-state index contributed by atoms with van der Waals surface area (Å²) in [5.74, 6) is -2.40. The zero-order valence-corrected chi connectivity index (χ0v) is 17.4. The van der Waals surface area contributed by atoms with Crippen LogP contribution in [0.4, 0.5) is 16.2 Å². The molecule has 4 rings (SSSR count). The fourth-order valence-electron chi connectivity index (χ4n) is 3.46. The van der Waals surface area contributed by atoms with E-state index in [1.165, 1.54) is 11.1 Å². The Balaban J connectivity index is 1.63. The van der Waals surface area contributed by atoms with Gasteiger partial charge in [-0.2, -0.15) is 10.1 Å². The van der Waals surface area contributed by atoms with Gasteiger partial charge in [-0.1, -0.05) is 18.2 Å². The van der Waals surface area contributed by atoms with Gasteiger partial charge in [0.2, 0.25) is 0 Å². The Morgan fingerprint density at radius 2 is 1.69 bits per heavy atom.